The lowest BCUT2D eigenvalue weighted by Gasteiger charge is -2.16. The summed E-state index contributed by atoms with van der Waals surface area (Å²) >= 11 is 0. The van der Waals surface area contributed by atoms with Crippen LogP contribution in [0.2, 0.25) is 0 Å². The summed E-state index contributed by atoms with van der Waals surface area (Å²) in [7, 11) is 1.82. The molecule has 5 nitrogen and oxygen atoms in total. The van der Waals surface area contributed by atoms with Gasteiger partial charge in [-0.1, -0.05) is 30.3 Å². The van der Waals surface area contributed by atoms with Crippen molar-refractivity contribution in [3.05, 3.63) is 78.1 Å². The van der Waals surface area contributed by atoms with Crippen molar-refractivity contribution in [2.75, 3.05) is 13.7 Å². The highest BCUT2D eigenvalue weighted by atomic mass is 16.5. The van der Waals surface area contributed by atoms with Gasteiger partial charge in [0.05, 0.1) is 24.9 Å². The molecule has 5 heteroatoms. The van der Waals surface area contributed by atoms with Crippen LogP contribution in [-0.4, -0.2) is 34.2 Å². The number of hydrogen-bond donors (Lipinski definition) is 0. The smallest absolute Gasteiger partial charge is 0.227 e. The van der Waals surface area contributed by atoms with E-state index in [1.54, 1.807) is 11.1 Å². The van der Waals surface area contributed by atoms with Gasteiger partial charge in [0.2, 0.25) is 5.91 Å². The van der Waals surface area contributed by atoms with E-state index in [0.29, 0.717) is 19.6 Å². The Morgan fingerprint density at radius 1 is 1.08 bits per heavy atom. The molecule has 0 radical (unpaired) electrons. The fraction of sp³-hybridized carbons (Fsp3) is 0.238. The number of carbonyl (C=O) groups excluding carboxylic acids is 1. The third-order valence-corrected chi connectivity index (χ3v) is 4.09. The molecule has 0 aliphatic rings. The molecule has 0 unspecified atom stereocenters. The van der Waals surface area contributed by atoms with Gasteiger partial charge in [-0.3, -0.25) is 4.79 Å². The van der Waals surface area contributed by atoms with Gasteiger partial charge in [-0.25, -0.2) is 4.68 Å². The van der Waals surface area contributed by atoms with Crippen molar-refractivity contribution in [2.24, 2.45) is 0 Å². The number of likely N-dealkylation sites (N-methyl/N-ethyl adjacent to an activating group) is 1. The van der Waals surface area contributed by atoms with Crippen molar-refractivity contribution in [1.82, 2.24) is 14.7 Å². The Hall–Kier alpha value is -3.08. The van der Waals surface area contributed by atoms with Crippen LogP contribution in [0.25, 0.3) is 5.69 Å². The first-order valence-corrected chi connectivity index (χ1v) is 8.70. The van der Waals surface area contributed by atoms with Crippen LogP contribution in [-0.2, 0) is 17.8 Å². The first-order chi connectivity index (χ1) is 12.7. The number of carbonyl (C=O) groups is 1. The topological polar surface area (TPSA) is 47.4 Å². The quantitative estimate of drug-likeness (QED) is 0.656. The van der Waals surface area contributed by atoms with E-state index in [1.165, 1.54) is 0 Å². The maximum absolute atomic E-state index is 12.5. The van der Waals surface area contributed by atoms with Gasteiger partial charge in [0.1, 0.15) is 5.75 Å². The van der Waals surface area contributed by atoms with E-state index in [0.717, 1.165) is 22.6 Å². The summed E-state index contributed by atoms with van der Waals surface area (Å²) in [6.45, 7) is 3.12. The van der Waals surface area contributed by atoms with Crippen LogP contribution in [0.15, 0.2) is 67.0 Å². The molecule has 1 amide bonds. The molecule has 3 aromatic rings. The van der Waals surface area contributed by atoms with Crippen molar-refractivity contribution in [2.45, 2.75) is 19.9 Å². The largest absolute Gasteiger partial charge is 0.494 e. The molecular weight excluding hydrogens is 326 g/mol. The summed E-state index contributed by atoms with van der Waals surface area (Å²) in [6, 6.07) is 17.6. The van der Waals surface area contributed by atoms with E-state index in [4.69, 9.17) is 4.74 Å². The summed E-state index contributed by atoms with van der Waals surface area (Å²) in [5.74, 6) is 0.895. The van der Waals surface area contributed by atoms with Crippen molar-refractivity contribution in [1.29, 1.82) is 0 Å². The summed E-state index contributed by atoms with van der Waals surface area (Å²) in [6.07, 6.45) is 4.12. The molecule has 1 heterocycles. The van der Waals surface area contributed by atoms with Gasteiger partial charge in [-0.15, -0.1) is 0 Å². The summed E-state index contributed by atoms with van der Waals surface area (Å²) in [4.78, 5) is 14.2. The first-order valence-electron chi connectivity index (χ1n) is 8.70. The summed E-state index contributed by atoms with van der Waals surface area (Å²) in [5, 5.41) is 4.37. The SMILES string of the molecule is CCOc1ccc(CC(=O)N(C)Cc2cnn(-c3ccccc3)c2)cc1. The highest BCUT2D eigenvalue weighted by molar-refractivity contribution is 5.78. The highest BCUT2D eigenvalue weighted by Crippen LogP contribution is 2.14. The van der Waals surface area contributed by atoms with Crippen LogP contribution in [0.5, 0.6) is 5.75 Å². The van der Waals surface area contributed by atoms with Crippen LogP contribution in [0, 0.1) is 0 Å². The van der Waals surface area contributed by atoms with Gasteiger partial charge >= 0.3 is 0 Å². The maximum atomic E-state index is 12.5. The second-order valence-electron chi connectivity index (χ2n) is 6.13. The zero-order valence-corrected chi connectivity index (χ0v) is 15.1. The monoisotopic (exact) mass is 349 g/mol. The van der Waals surface area contributed by atoms with E-state index < -0.39 is 0 Å². The third-order valence-electron chi connectivity index (χ3n) is 4.09. The van der Waals surface area contributed by atoms with E-state index in [2.05, 4.69) is 5.10 Å². The van der Waals surface area contributed by atoms with Crippen LogP contribution in [0.1, 0.15) is 18.1 Å². The van der Waals surface area contributed by atoms with Crippen molar-refractivity contribution < 1.29 is 9.53 Å². The fourth-order valence-corrected chi connectivity index (χ4v) is 2.71. The molecule has 0 spiro atoms. The van der Waals surface area contributed by atoms with Crippen LogP contribution >= 0.6 is 0 Å². The van der Waals surface area contributed by atoms with Crippen LogP contribution in [0.3, 0.4) is 0 Å². The van der Waals surface area contributed by atoms with Crippen LogP contribution < -0.4 is 4.74 Å². The third kappa shape index (κ3) is 4.51. The Kier molecular flexibility index (Phi) is 5.69. The minimum absolute atomic E-state index is 0.0709. The zero-order chi connectivity index (χ0) is 18.4. The van der Waals surface area contributed by atoms with Gasteiger partial charge in [0.15, 0.2) is 0 Å². The summed E-state index contributed by atoms with van der Waals surface area (Å²) in [5.41, 5.74) is 2.98. The van der Waals surface area contributed by atoms with Gasteiger partial charge in [-0.05, 0) is 36.8 Å². The summed E-state index contributed by atoms with van der Waals surface area (Å²) < 4.78 is 7.25. The Morgan fingerprint density at radius 3 is 2.50 bits per heavy atom. The molecule has 0 aliphatic carbocycles. The second-order valence-corrected chi connectivity index (χ2v) is 6.13. The molecule has 0 saturated heterocycles. The molecule has 0 aliphatic heterocycles. The fourth-order valence-electron chi connectivity index (χ4n) is 2.71. The number of amides is 1. The van der Waals surface area contributed by atoms with E-state index in [1.807, 2.05) is 79.4 Å². The first kappa shape index (κ1) is 17.7. The Bertz CT molecular complexity index is 841. The maximum Gasteiger partial charge on any atom is 0.227 e. The zero-order valence-electron chi connectivity index (χ0n) is 15.1. The average molecular weight is 349 g/mol. The Labute approximate surface area is 153 Å². The van der Waals surface area contributed by atoms with Gasteiger partial charge in [0.25, 0.3) is 0 Å². The van der Waals surface area contributed by atoms with E-state index in [9.17, 15) is 4.79 Å². The normalized spacial score (nSPS) is 10.5. The Balaban J connectivity index is 1.58. The standard InChI is InChI=1S/C21H23N3O2/c1-3-26-20-11-9-17(10-12-20)13-21(25)23(2)15-18-14-22-24(16-18)19-7-5-4-6-8-19/h4-12,14,16H,3,13,15H2,1-2H3. The number of nitrogens with zero attached hydrogens (tertiary/aromatic N) is 3. The molecular formula is C21H23N3O2. The highest BCUT2D eigenvalue weighted by Gasteiger charge is 2.12. The average Bonchev–Trinajstić information content (AvgIpc) is 3.13. The molecule has 134 valence electrons. The number of hydrogen-bond acceptors (Lipinski definition) is 3. The number of aromatic nitrogens is 2. The molecule has 0 fully saturated rings. The number of ether oxygens (including phenoxy) is 1. The predicted molar refractivity (Wildman–Crippen MR) is 101 cm³/mol. The van der Waals surface area contributed by atoms with Gasteiger partial charge < -0.3 is 9.64 Å². The molecule has 1 aromatic heterocycles. The van der Waals surface area contributed by atoms with Crippen molar-refractivity contribution in [3.63, 3.8) is 0 Å². The molecule has 0 saturated carbocycles. The number of para-hydroxylation sites is 1. The van der Waals surface area contributed by atoms with E-state index in [-0.39, 0.29) is 5.91 Å². The Morgan fingerprint density at radius 2 is 1.81 bits per heavy atom. The number of benzene rings is 2. The molecule has 0 bridgehead atoms. The molecule has 26 heavy (non-hydrogen) atoms. The minimum Gasteiger partial charge on any atom is -0.494 e. The minimum atomic E-state index is 0.0709. The molecule has 2 aromatic carbocycles. The lowest BCUT2D eigenvalue weighted by Crippen LogP contribution is -2.27. The lowest BCUT2D eigenvalue weighted by molar-refractivity contribution is -0.129. The molecule has 0 N–H and O–H groups in total. The van der Waals surface area contributed by atoms with Crippen molar-refractivity contribution >= 4 is 5.91 Å². The van der Waals surface area contributed by atoms with Gasteiger partial charge in [-0.2, -0.15) is 5.10 Å². The van der Waals surface area contributed by atoms with Gasteiger partial charge in [0, 0.05) is 25.4 Å². The lowest BCUT2D eigenvalue weighted by atomic mass is 10.1. The molecule has 3 rings (SSSR count). The van der Waals surface area contributed by atoms with E-state index >= 15 is 0 Å². The molecule has 0 atom stereocenters. The van der Waals surface area contributed by atoms with Crippen molar-refractivity contribution in [3.8, 4) is 11.4 Å². The van der Waals surface area contributed by atoms with Crippen LogP contribution in [0.4, 0.5) is 0 Å². The predicted octanol–water partition coefficient (Wildman–Crippen LogP) is 3.47. The second kappa shape index (κ2) is 8.34. The number of rotatable bonds is 7.